The maximum Gasteiger partial charge on any atom is 0.407 e. The number of anilines is 2. The zero-order chi connectivity index (χ0) is 25.9. The van der Waals surface area contributed by atoms with E-state index in [1.807, 2.05) is 37.4 Å². The number of nitrogens with one attached hydrogen (secondary N) is 1. The van der Waals surface area contributed by atoms with Gasteiger partial charge < -0.3 is 25.0 Å². The molecule has 1 aliphatic rings. The molecule has 1 aromatic carbocycles. The smallest absolute Gasteiger partial charge is 0.407 e. The second-order valence-electron chi connectivity index (χ2n) is 9.19. The highest BCUT2D eigenvalue weighted by Gasteiger charge is 2.18. The predicted molar refractivity (Wildman–Crippen MR) is 146 cm³/mol. The van der Waals surface area contributed by atoms with Gasteiger partial charge in [0, 0.05) is 53.4 Å². The van der Waals surface area contributed by atoms with Crippen LogP contribution >= 0.6 is 11.3 Å². The summed E-state index contributed by atoms with van der Waals surface area (Å²) in [5.74, 6) is 1.64. The molecule has 3 aromatic heterocycles. The summed E-state index contributed by atoms with van der Waals surface area (Å²) in [6.07, 6.45) is 0.937. The molecule has 192 valence electrons. The Morgan fingerprint density at radius 2 is 1.97 bits per heavy atom. The lowest BCUT2D eigenvalue weighted by molar-refractivity contribution is 0.122. The van der Waals surface area contributed by atoms with E-state index in [1.165, 1.54) is 4.90 Å². The summed E-state index contributed by atoms with van der Waals surface area (Å²) in [6, 6.07) is 14.2. The summed E-state index contributed by atoms with van der Waals surface area (Å²) in [6.45, 7) is 7.42. The molecule has 4 heterocycles. The fourth-order valence-corrected chi connectivity index (χ4v) is 5.53. The lowest BCUT2D eigenvalue weighted by atomic mass is 10.1. The Balaban J connectivity index is 1.40. The molecule has 1 amide bonds. The first-order valence-corrected chi connectivity index (χ1v) is 13.1. The van der Waals surface area contributed by atoms with E-state index in [4.69, 9.17) is 4.74 Å². The molecular formula is C27H30N6O3S. The molecule has 0 aliphatic carbocycles. The van der Waals surface area contributed by atoms with Crippen LogP contribution in [0.3, 0.4) is 0 Å². The van der Waals surface area contributed by atoms with Crippen molar-refractivity contribution in [2.24, 2.45) is 0 Å². The lowest BCUT2D eigenvalue weighted by Gasteiger charge is -2.28. The monoisotopic (exact) mass is 518 g/mol. The first kappa shape index (κ1) is 24.9. The highest BCUT2D eigenvalue weighted by Crippen LogP contribution is 2.36. The fourth-order valence-electron chi connectivity index (χ4n) is 4.46. The molecule has 5 rings (SSSR count). The normalized spacial score (nSPS) is 14.5. The molecule has 37 heavy (non-hydrogen) atoms. The summed E-state index contributed by atoms with van der Waals surface area (Å²) in [4.78, 5) is 21.8. The molecule has 1 unspecified atom stereocenters. The summed E-state index contributed by atoms with van der Waals surface area (Å²) >= 11 is 1.69. The molecule has 0 bridgehead atoms. The number of hydrogen-bond donors (Lipinski definition) is 2. The van der Waals surface area contributed by atoms with Crippen molar-refractivity contribution in [1.29, 1.82) is 0 Å². The number of amides is 1. The van der Waals surface area contributed by atoms with Crippen LogP contribution in [0.25, 0.3) is 21.2 Å². The van der Waals surface area contributed by atoms with E-state index in [1.54, 1.807) is 18.4 Å². The van der Waals surface area contributed by atoms with Crippen molar-refractivity contribution < 1.29 is 14.6 Å². The van der Waals surface area contributed by atoms with E-state index >= 15 is 0 Å². The number of aryl methyl sites for hydroxylation is 1. The Bertz CT molecular complexity index is 1420. The van der Waals surface area contributed by atoms with E-state index in [-0.39, 0.29) is 6.04 Å². The van der Waals surface area contributed by atoms with Crippen molar-refractivity contribution in [1.82, 2.24) is 20.1 Å². The van der Waals surface area contributed by atoms with Crippen molar-refractivity contribution in [2.45, 2.75) is 26.4 Å². The number of fused-ring (bicyclic) bond motifs is 1. The van der Waals surface area contributed by atoms with Crippen LogP contribution in [0.1, 0.15) is 29.1 Å². The van der Waals surface area contributed by atoms with Gasteiger partial charge in [0.05, 0.1) is 24.9 Å². The van der Waals surface area contributed by atoms with Crippen LogP contribution in [0, 0.1) is 6.92 Å². The van der Waals surface area contributed by atoms with Gasteiger partial charge in [0.25, 0.3) is 0 Å². The minimum absolute atomic E-state index is 0.00665. The van der Waals surface area contributed by atoms with Crippen LogP contribution in [-0.2, 0) is 11.3 Å². The molecule has 1 atom stereocenters. The van der Waals surface area contributed by atoms with Crippen LogP contribution in [0.2, 0.25) is 0 Å². The number of hydrogen-bond acceptors (Lipinski definition) is 8. The third-order valence-electron chi connectivity index (χ3n) is 6.59. The standard InChI is InChI=1S/C27H30N6O3S/c1-17-22-15-28-25(33-10-12-36-13-11-33)14-21(22)26(31-30-17)29-18(2)23-8-9-24(37-23)20-7-5-4-6-19(20)16-32(3)27(34)35/h4-9,14-15,18H,10-13,16H2,1-3H3,(H,29,31)(H,34,35). The highest BCUT2D eigenvalue weighted by molar-refractivity contribution is 7.15. The van der Waals surface area contributed by atoms with E-state index in [9.17, 15) is 9.90 Å². The number of morpholine rings is 1. The molecule has 4 aromatic rings. The molecule has 10 heteroatoms. The van der Waals surface area contributed by atoms with E-state index in [0.717, 1.165) is 62.1 Å². The average Bonchev–Trinajstić information content (AvgIpc) is 3.41. The van der Waals surface area contributed by atoms with Crippen molar-refractivity contribution in [2.75, 3.05) is 43.6 Å². The lowest BCUT2D eigenvalue weighted by Crippen LogP contribution is -2.36. The number of carbonyl (C=O) groups is 1. The Kier molecular flexibility index (Phi) is 7.20. The topological polar surface area (TPSA) is 104 Å². The molecule has 1 fully saturated rings. The van der Waals surface area contributed by atoms with Crippen LogP contribution in [0.4, 0.5) is 16.4 Å². The maximum absolute atomic E-state index is 11.3. The van der Waals surface area contributed by atoms with Gasteiger partial charge >= 0.3 is 6.09 Å². The number of benzene rings is 1. The van der Waals surface area contributed by atoms with Crippen molar-refractivity contribution in [3.8, 4) is 10.4 Å². The summed E-state index contributed by atoms with van der Waals surface area (Å²) in [5.41, 5.74) is 2.86. The molecule has 0 radical (unpaired) electrons. The molecule has 2 N–H and O–H groups in total. The number of pyridine rings is 1. The molecular weight excluding hydrogens is 488 g/mol. The van der Waals surface area contributed by atoms with E-state index in [0.29, 0.717) is 19.8 Å². The number of nitrogens with zero attached hydrogens (tertiary/aromatic N) is 5. The Morgan fingerprint density at radius 3 is 2.76 bits per heavy atom. The molecule has 0 spiro atoms. The van der Waals surface area contributed by atoms with E-state index < -0.39 is 6.09 Å². The average molecular weight is 519 g/mol. The predicted octanol–water partition coefficient (Wildman–Crippen LogP) is 5.18. The van der Waals surface area contributed by atoms with Gasteiger partial charge in [-0.2, -0.15) is 5.10 Å². The summed E-state index contributed by atoms with van der Waals surface area (Å²) < 4.78 is 5.49. The maximum atomic E-state index is 11.3. The third-order valence-corrected chi connectivity index (χ3v) is 7.89. The number of ether oxygens (including phenoxy) is 1. The van der Waals surface area contributed by atoms with Gasteiger partial charge in [-0.05, 0) is 43.2 Å². The SMILES string of the molecule is Cc1nnc(NC(C)c2ccc(-c3ccccc3CN(C)C(=O)O)s2)c2cc(N3CCOCC3)ncc12. The second-order valence-corrected chi connectivity index (χ2v) is 10.3. The minimum atomic E-state index is -0.946. The first-order chi connectivity index (χ1) is 17.9. The number of thiophene rings is 1. The van der Waals surface area contributed by atoms with Gasteiger partial charge in [0.1, 0.15) is 5.82 Å². The Hall–Kier alpha value is -3.76. The molecule has 0 saturated carbocycles. The Labute approximate surface area is 219 Å². The first-order valence-electron chi connectivity index (χ1n) is 12.2. The minimum Gasteiger partial charge on any atom is -0.465 e. The molecule has 1 saturated heterocycles. The summed E-state index contributed by atoms with van der Waals surface area (Å²) in [5, 5.41) is 23.7. The zero-order valence-corrected chi connectivity index (χ0v) is 22.0. The van der Waals surface area contributed by atoms with Gasteiger partial charge in [-0.25, -0.2) is 9.78 Å². The quantitative estimate of drug-likeness (QED) is 0.345. The summed E-state index contributed by atoms with van der Waals surface area (Å²) in [7, 11) is 1.58. The van der Waals surface area contributed by atoms with Crippen molar-refractivity contribution in [3.05, 3.63) is 64.8 Å². The van der Waals surface area contributed by atoms with Gasteiger partial charge in [-0.15, -0.1) is 16.4 Å². The number of carboxylic acid groups (broad SMARTS) is 1. The third kappa shape index (κ3) is 5.35. The molecule has 9 nitrogen and oxygen atoms in total. The zero-order valence-electron chi connectivity index (χ0n) is 21.1. The largest absolute Gasteiger partial charge is 0.465 e. The van der Waals surface area contributed by atoms with Gasteiger partial charge in [-0.1, -0.05) is 24.3 Å². The van der Waals surface area contributed by atoms with Gasteiger partial charge in [0.15, 0.2) is 5.82 Å². The van der Waals surface area contributed by atoms with E-state index in [2.05, 4.69) is 50.5 Å². The van der Waals surface area contributed by atoms with Crippen LogP contribution < -0.4 is 10.2 Å². The number of rotatable bonds is 7. The van der Waals surface area contributed by atoms with Crippen LogP contribution in [0.5, 0.6) is 0 Å². The second kappa shape index (κ2) is 10.7. The number of aromatic nitrogens is 3. The van der Waals surface area contributed by atoms with Crippen molar-refractivity contribution >= 4 is 39.8 Å². The molecule has 1 aliphatic heterocycles. The fraction of sp³-hybridized carbons (Fsp3) is 0.333. The van der Waals surface area contributed by atoms with Gasteiger partial charge in [-0.3, -0.25) is 0 Å². The van der Waals surface area contributed by atoms with Crippen LogP contribution in [-0.4, -0.2) is 64.6 Å². The Morgan fingerprint density at radius 1 is 1.19 bits per heavy atom. The van der Waals surface area contributed by atoms with Gasteiger partial charge in [0.2, 0.25) is 0 Å². The van der Waals surface area contributed by atoms with Crippen LogP contribution in [0.15, 0.2) is 48.7 Å². The highest BCUT2D eigenvalue weighted by atomic mass is 32.1. The van der Waals surface area contributed by atoms with Crippen molar-refractivity contribution in [3.63, 3.8) is 0 Å².